The molecule has 0 atom stereocenters. The van der Waals surface area contributed by atoms with Crippen molar-refractivity contribution in [2.24, 2.45) is 0 Å². The fourth-order valence-corrected chi connectivity index (χ4v) is 2.33. The topological polar surface area (TPSA) is 66.9 Å². The van der Waals surface area contributed by atoms with Crippen LogP contribution in [0.25, 0.3) is 0 Å². The second-order valence-electron chi connectivity index (χ2n) is 5.79. The molecule has 5 nitrogen and oxygen atoms in total. The molecule has 21 heavy (non-hydrogen) atoms. The van der Waals surface area contributed by atoms with E-state index in [0.717, 1.165) is 11.4 Å². The average molecular weight is 304 g/mol. The number of hydrogen-bond acceptors (Lipinski definition) is 5. The number of carbonyl (C=O) groups is 1. The maximum Gasteiger partial charge on any atom is 0.251 e. The highest BCUT2D eigenvalue weighted by Crippen LogP contribution is 2.23. The molecule has 0 aliphatic rings. The third-order valence-electron chi connectivity index (χ3n) is 3.03. The number of pyridine rings is 1. The fourth-order valence-electron chi connectivity index (χ4n) is 1.77. The highest BCUT2D eigenvalue weighted by atomic mass is 32.1. The Morgan fingerprint density at radius 3 is 2.67 bits per heavy atom. The molecule has 0 spiro atoms. The normalized spacial score (nSPS) is 11.2. The predicted molar refractivity (Wildman–Crippen MR) is 85.8 cm³/mol. The van der Waals surface area contributed by atoms with Gasteiger partial charge in [0.1, 0.15) is 5.82 Å². The van der Waals surface area contributed by atoms with Crippen molar-refractivity contribution in [2.75, 3.05) is 12.4 Å². The molecule has 0 fully saturated rings. The lowest BCUT2D eigenvalue weighted by atomic mass is 9.90. The minimum Gasteiger partial charge on any atom is -0.373 e. The summed E-state index contributed by atoms with van der Waals surface area (Å²) in [4.78, 5) is 21.0. The number of thiazole rings is 1. The van der Waals surface area contributed by atoms with E-state index < -0.39 is 0 Å². The van der Waals surface area contributed by atoms with Gasteiger partial charge < -0.3 is 10.6 Å². The van der Waals surface area contributed by atoms with Crippen molar-refractivity contribution >= 4 is 23.1 Å². The first-order valence-corrected chi connectivity index (χ1v) is 7.70. The molecule has 2 N–H and O–H groups in total. The van der Waals surface area contributed by atoms with Crippen molar-refractivity contribution in [1.29, 1.82) is 0 Å². The summed E-state index contributed by atoms with van der Waals surface area (Å²) in [6, 6.07) is 3.60. The summed E-state index contributed by atoms with van der Waals surface area (Å²) in [5, 5.41) is 7.81. The van der Waals surface area contributed by atoms with Crippen molar-refractivity contribution in [3.8, 4) is 0 Å². The number of nitrogens with one attached hydrogen (secondary N) is 2. The van der Waals surface area contributed by atoms with Crippen LogP contribution in [0.3, 0.4) is 0 Å². The molecule has 0 aliphatic heterocycles. The quantitative estimate of drug-likeness (QED) is 0.911. The number of rotatable bonds is 4. The van der Waals surface area contributed by atoms with Crippen LogP contribution < -0.4 is 10.6 Å². The summed E-state index contributed by atoms with van der Waals surface area (Å²) in [5.41, 5.74) is 4.00. The number of amides is 1. The van der Waals surface area contributed by atoms with Gasteiger partial charge in [-0.15, -0.1) is 11.3 Å². The van der Waals surface area contributed by atoms with Crippen molar-refractivity contribution in [2.45, 2.75) is 32.7 Å². The smallest absolute Gasteiger partial charge is 0.251 e. The van der Waals surface area contributed by atoms with Gasteiger partial charge in [0.15, 0.2) is 0 Å². The van der Waals surface area contributed by atoms with Gasteiger partial charge in [0.2, 0.25) is 0 Å². The zero-order valence-electron chi connectivity index (χ0n) is 12.7. The van der Waals surface area contributed by atoms with E-state index in [-0.39, 0.29) is 11.3 Å². The second kappa shape index (κ2) is 6.22. The molecule has 0 unspecified atom stereocenters. The van der Waals surface area contributed by atoms with Crippen LogP contribution in [0.1, 0.15) is 42.5 Å². The summed E-state index contributed by atoms with van der Waals surface area (Å²) in [7, 11) is 1.80. The number of nitrogens with zero attached hydrogens (tertiary/aromatic N) is 2. The summed E-state index contributed by atoms with van der Waals surface area (Å²) >= 11 is 1.52. The lowest BCUT2D eigenvalue weighted by Crippen LogP contribution is -2.24. The van der Waals surface area contributed by atoms with Gasteiger partial charge in [0.25, 0.3) is 5.91 Å². The Kier molecular flexibility index (Phi) is 4.57. The summed E-state index contributed by atoms with van der Waals surface area (Å²) in [5.74, 6) is 0.577. The molecule has 1 amide bonds. The van der Waals surface area contributed by atoms with Crippen LogP contribution in [0, 0.1) is 0 Å². The van der Waals surface area contributed by atoms with Crippen molar-refractivity contribution in [1.82, 2.24) is 15.3 Å². The molecule has 0 aliphatic carbocycles. The van der Waals surface area contributed by atoms with Gasteiger partial charge in [-0.05, 0) is 12.1 Å². The van der Waals surface area contributed by atoms with Gasteiger partial charge in [-0.3, -0.25) is 4.79 Å². The lowest BCUT2D eigenvalue weighted by Gasteiger charge is -2.19. The van der Waals surface area contributed by atoms with Crippen LogP contribution in [0.5, 0.6) is 0 Å². The molecule has 0 bridgehead atoms. The van der Waals surface area contributed by atoms with Crippen LogP contribution in [0.15, 0.2) is 23.0 Å². The highest BCUT2D eigenvalue weighted by molar-refractivity contribution is 7.07. The highest BCUT2D eigenvalue weighted by Gasteiger charge is 2.19. The Morgan fingerprint density at radius 1 is 1.33 bits per heavy atom. The largest absolute Gasteiger partial charge is 0.373 e. The first kappa shape index (κ1) is 15.4. The number of hydrogen-bond donors (Lipinski definition) is 2. The van der Waals surface area contributed by atoms with E-state index in [1.807, 2.05) is 11.4 Å². The molecule has 2 aromatic rings. The van der Waals surface area contributed by atoms with E-state index in [9.17, 15) is 4.79 Å². The average Bonchev–Trinajstić information content (AvgIpc) is 2.96. The maximum atomic E-state index is 12.3. The molecular weight excluding hydrogens is 284 g/mol. The van der Waals surface area contributed by atoms with Gasteiger partial charge in [0, 0.05) is 29.1 Å². The molecule has 2 aromatic heterocycles. The number of aromatic nitrogens is 2. The summed E-state index contributed by atoms with van der Waals surface area (Å²) in [6.07, 6.45) is 0. The Morgan fingerprint density at radius 2 is 2.10 bits per heavy atom. The minimum absolute atomic E-state index is 0.114. The molecule has 0 radical (unpaired) electrons. The van der Waals surface area contributed by atoms with E-state index in [0.29, 0.717) is 17.9 Å². The van der Waals surface area contributed by atoms with Crippen LogP contribution in [-0.4, -0.2) is 22.9 Å². The van der Waals surface area contributed by atoms with Crippen molar-refractivity contribution in [3.63, 3.8) is 0 Å². The second-order valence-corrected chi connectivity index (χ2v) is 6.51. The van der Waals surface area contributed by atoms with Gasteiger partial charge in [-0.2, -0.15) is 0 Å². The summed E-state index contributed by atoms with van der Waals surface area (Å²) < 4.78 is 0. The Bertz CT molecular complexity index is 617. The third kappa shape index (κ3) is 4.01. The van der Waals surface area contributed by atoms with Gasteiger partial charge in [0.05, 0.1) is 17.7 Å². The van der Waals surface area contributed by atoms with Crippen molar-refractivity contribution < 1.29 is 4.79 Å². The molecule has 0 saturated carbocycles. The third-order valence-corrected chi connectivity index (χ3v) is 3.66. The van der Waals surface area contributed by atoms with E-state index in [1.54, 1.807) is 18.6 Å². The zero-order chi connectivity index (χ0) is 15.5. The first-order valence-electron chi connectivity index (χ1n) is 6.76. The predicted octanol–water partition coefficient (Wildman–Crippen LogP) is 2.81. The SMILES string of the molecule is CNc1cc(C(=O)NCc2cscn2)cc(C(C)(C)C)n1. The van der Waals surface area contributed by atoms with E-state index in [1.165, 1.54) is 11.3 Å². The van der Waals surface area contributed by atoms with E-state index in [2.05, 4.69) is 41.4 Å². The molecule has 2 rings (SSSR count). The number of anilines is 1. The fraction of sp³-hybridized carbons (Fsp3) is 0.400. The van der Waals surface area contributed by atoms with Gasteiger partial charge >= 0.3 is 0 Å². The standard InChI is InChI=1S/C15H20N4OS/c1-15(2,3)12-5-10(6-13(16-4)19-12)14(20)17-7-11-8-21-9-18-11/h5-6,8-9H,7H2,1-4H3,(H,16,19)(H,17,20). The van der Waals surface area contributed by atoms with Crippen LogP contribution in [-0.2, 0) is 12.0 Å². The molecule has 0 aromatic carbocycles. The van der Waals surface area contributed by atoms with Gasteiger partial charge in [-0.25, -0.2) is 9.97 Å². The van der Waals surface area contributed by atoms with Crippen LogP contribution in [0.2, 0.25) is 0 Å². The van der Waals surface area contributed by atoms with Crippen LogP contribution in [0.4, 0.5) is 5.82 Å². The minimum atomic E-state index is -0.118. The molecular formula is C15H20N4OS. The van der Waals surface area contributed by atoms with Crippen LogP contribution >= 0.6 is 11.3 Å². The zero-order valence-corrected chi connectivity index (χ0v) is 13.5. The van der Waals surface area contributed by atoms with Gasteiger partial charge in [-0.1, -0.05) is 20.8 Å². The van der Waals surface area contributed by atoms with Crippen molar-refractivity contribution in [3.05, 3.63) is 40.0 Å². The first-order chi connectivity index (χ1) is 9.90. The summed E-state index contributed by atoms with van der Waals surface area (Å²) in [6.45, 7) is 6.66. The monoisotopic (exact) mass is 304 g/mol. The lowest BCUT2D eigenvalue weighted by molar-refractivity contribution is 0.0950. The number of carbonyl (C=O) groups excluding carboxylic acids is 1. The Labute approximate surface area is 128 Å². The Hall–Kier alpha value is -1.95. The molecule has 6 heteroatoms. The molecule has 2 heterocycles. The molecule has 112 valence electrons. The van der Waals surface area contributed by atoms with E-state index >= 15 is 0 Å². The van der Waals surface area contributed by atoms with E-state index in [4.69, 9.17) is 0 Å². The molecule has 0 saturated heterocycles. The maximum absolute atomic E-state index is 12.3. The Balaban J connectivity index is 2.19.